The predicted octanol–water partition coefficient (Wildman–Crippen LogP) is 4.78. The number of pyridine rings is 1. The van der Waals surface area contributed by atoms with E-state index in [-0.39, 0.29) is 0 Å². The molecule has 0 saturated heterocycles. The van der Waals surface area contributed by atoms with Gasteiger partial charge in [-0.1, -0.05) is 52.7 Å². The topological polar surface area (TPSA) is 12.9 Å². The van der Waals surface area contributed by atoms with Crippen LogP contribution < -0.4 is 0 Å². The van der Waals surface area contributed by atoms with Crippen LogP contribution in [0.5, 0.6) is 0 Å². The highest BCUT2D eigenvalue weighted by molar-refractivity contribution is 9.10. The van der Waals surface area contributed by atoms with E-state index < -0.39 is 0 Å². The minimum absolute atomic E-state index is 1.09. The summed E-state index contributed by atoms with van der Waals surface area (Å²) in [4.78, 5) is 4.87. The van der Waals surface area contributed by atoms with Crippen molar-refractivity contribution in [2.24, 2.45) is 0 Å². The number of benzene rings is 1. The number of hydrogen-bond acceptors (Lipinski definition) is 1. The lowest BCUT2D eigenvalue weighted by atomic mass is 10.1. The number of aryl methyl sites for hydroxylation is 1. The third-order valence-corrected chi connectivity index (χ3v) is 4.27. The summed E-state index contributed by atoms with van der Waals surface area (Å²) in [6, 6.07) is 12.6. The Morgan fingerprint density at radius 1 is 0.944 bits per heavy atom. The van der Waals surface area contributed by atoms with Gasteiger partial charge >= 0.3 is 0 Å². The Kier molecular flexibility index (Phi) is 3.46. The second-order valence-corrected chi connectivity index (χ2v) is 5.70. The average molecular weight is 302 g/mol. The van der Waals surface area contributed by atoms with Crippen molar-refractivity contribution < 1.29 is 0 Å². The van der Waals surface area contributed by atoms with Crippen molar-refractivity contribution in [3.05, 3.63) is 52.1 Å². The van der Waals surface area contributed by atoms with E-state index in [1.54, 1.807) is 0 Å². The smallest absolute Gasteiger partial charge is 0.0716 e. The van der Waals surface area contributed by atoms with Crippen LogP contribution in [0.3, 0.4) is 0 Å². The number of aromatic nitrogens is 1. The third kappa shape index (κ3) is 2.35. The third-order valence-electron chi connectivity index (χ3n) is 3.57. The van der Waals surface area contributed by atoms with E-state index in [1.165, 1.54) is 40.6 Å². The lowest BCUT2D eigenvalue weighted by molar-refractivity contribution is 0.708. The molecule has 0 radical (unpaired) electrons. The highest BCUT2D eigenvalue weighted by atomic mass is 79.9. The summed E-state index contributed by atoms with van der Waals surface area (Å²) >= 11 is 3.72. The molecule has 0 spiro atoms. The van der Waals surface area contributed by atoms with E-state index in [2.05, 4.69) is 46.3 Å². The van der Waals surface area contributed by atoms with Crippen LogP contribution in [0.2, 0.25) is 0 Å². The summed E-state index contributed by atoms with van der Waals surface area (Å²) in [6.45, 7) is 0. The lowest BCUT2D eigenvalue weighted by Gasteiger charge is -2.10. The summed E-state index contributed by atoms with van der Waals surface area (Å²) in [5.74, 6) is 0. The SMILES string of the molecule is Brc1cc(-c2ccccc2)nc2c1CCCCC2. The molecule has 2 aromatic rings. The highest BCUT2D eigenvalue weighted by Crippen LogP contribution is 2.30. The summed E-state index contributed by atoms with van der Waals surface area (Å²) < 4.78 is 1.23. The zero-order valence-corrected chi connectivity index (χ0v) is 11.9. The Labute approximate surface area is 116 Å². The van der Waals surface area contributed by atoms with Gasteiger partial charge in [-0.2, -0.15) is 0 Å². The van der Waals surface area contributed by atoms with E-state index >= 15 is 0 Å². The van der Waals surface area contributed by atoms with E-state index in [9.17, 15) is 0 Å². The first-order valence-electron chi connectivity index (χ1n) is 6.58. The normalized spacial score (nSPS) is 14.9. The van der Waals surface area contributed by atoms with Gasteiger partial charge in [0.1, 0.15) is 0 Å². The molecule has 0 atom stereocenters. The fourth-order valence-electron chi connectivity index (χ4n) is 2.59. The van der Waals surface area contributed by atoms with Crippen molar-refractivity contribution in [3.63, 3.8) is 0 Å². The van der Waals surface area contributed by atoms with E-state index in [0.717, 1.165) is 18.5 Å². The maximum atomic E-state index is 4.87. The molecule has 18 heavy (non-hydrogen) atoms. The molecule has 2 heteroatoms. The van der Waals surface area contributed by atoms with Crippen LogP contribution in [0.15, 0.2) is 40.9 Å². The Hall–Kier alpha value is -1.15. The Bertz CT molecular complexity index is 549. The van der Waals surface area contributed by atoms with Crippen molar-refractivity contribution in [1.82, 2.24) is 4.98 Å². The van der Waals surface area contributed by atoms with E-state index in [4.69, 9.17) is 4.98 Å². The average Bonchev–Trinajstić information content (AvgIpc) is 2.65. The van der Waals surface area contributed by atoms with E-state index in [1.807, 2.05) is 6.07 Å². The molecule has 0 aliphatic heterocycles. The van der Waals surface area contributed by atoms with Crippen LogP contribution in [-0.4, -0.2) is 4.98 Å². The Morgan fingerprint density at radius 3 is 2.56 bits per heavy atom. The molecule has 0 fully saturated rings. The maximum absolute atomic E-state index is 4.87. The van der Waals surface area contributed by atoms with Crippen LogP contribution in [0.4, 0.5) is 0 Å². The quantitative estimate of drug-likeness (QED) is 0.691. The van der Waals surface area contributed by atoms with Gasteiger partial charge in [-0.05, 0) is 37.3 Å². The van der Waals surface area contributed by atoms with Crippen molar-refractivity contribution in [2.45, 2.75) is 32.1 Å². The molecular formula is C16H16BrN. The largest absolute Gasteiger partial charge is 0.252 e. The van der Waals surface area contributed by atoms with Gasteiger partial charge in [0, 0.05) is 15.7 Å². The lowest BCUT2D eigenvalue weighted by Crippen LogP contribution is -1.98. The molecular weight excluding hydrogens is 286 g/mol. The standard InChI is InChI=1S/C16H16BrN/c17-14-11-16(12-7-3-1-4-8-12)18-15-10-6-2-5-9-13(14)15/h1,3-4,7-8,11H,2,5-6,9-10H2. The Morgan fingerprint density at radius 2 is 1.72 bits per heavy atom. The molecule has 0 bridgehead atoms. The summed E-state index contributed by atoms with van der Waals surface area (Å²) in [5, 5.41) is 0. The first-order chi connectivity index (χ1) is 8.84. The molecule has 1 aromatic carbocycles. The van der Waals surface area contributed by atoms with Crippen molar-refractivity contribution in [3.8, 4) is 11.3 Å². The fraction of sp³-hybridized carbons (Fsp3) is 0.312. The maximum Gasteiger partial charge on any atom is 0.0716 e. The van der Waals surface area contributed by atoms with Gasteiger partial charge in [-0.25, -0.2) is 0 Å². The van der Waals surface area contributed by atoms with Gasteiger partial charge in [-0.15, -0.1) is 0 Å². The molecule has 92 valence electrons. The predicted molar refractivity (Wildman–Crippen MR) is 78.6 cm³/mol. The van der Waals surface area contributed by atoms with Crippen LogP contribution in [-0.2, 0) is 12.8 Å². The van der Waals surface area contributed by atoms with Gasteiger partial charge in [-0.3, -0.25) is 4.98 Å². The fourth-order valence-corrected chi connectivity index (χ4v) is 3.23. The molecule has 0 amide bonds. The number of fused-ring (bicyclic) bond motifs is 1. The molecule has 0 N–H and O–H groups in total. The van der Waals surface area contributed by atoms with Crippen molar-refractivity contribution >= 4 is 15.9 Å². The first-order valence-corrected chi connectivity index (χ1v) is 7.37. The molecule has 0 saturated carbocycles. The van der Waals surface area contributed by atoms with Crippen molar-refractivity contribution in [2.75, 3.05) is 0 Å². The van der Waals surface area contributed by atoms with Gasteiger partial charge in [0.15, 0.2) is 0 Å². The minimum atomic E-state index is 1.09. The zero-order chi connectivity index (χ0) is 12.4. The van der Waals surface area contributed by atoms with Crippen molar-refractivity contribution in [1.29, 1.82) is 0 Å². The molecule has 1 nitrogen and oxygen atoms in total. The van der Waals surface area contributed by atoms with Gasteiger partial charge in [0.25, 0.3) is 0 Å². The van der Waals surface area contributed by atoms with Gasteiger partial charge in [0.2, 0.25) is 0 Å². The van der Waals surface area contributed by atoms with Gasteiger partial charge in [0.05, 0.1) is 5.69 Å². The van der Waals surface area contributed by atoms with Crippen LogP contribution in [0, 0.1) is 0 Å². The summed E-state index contributed by atoms with van der Waals surface area (Å²) in [7, 11) is 0. The summed E-state index contributed by atoms with van der Waals surface area (Å²) in [5.41, 5.74) is 5.00. The Balaban J connectivity index is 2.08. The van der Waals surface area contributed by atoms with E-state index in [0.29, 0.717) is 0 Å². The summed E-state index contributed by atoms with van der Waals surface area (Å²) in [6.07, 6.45) is 6.17. The minimum Gasteiger partial charge on any atom is -0.252 e. The molecule has 3 rings (SSSR count). The second-order valence-electron chi connectivity index (χ2n) is 4.84. The first kappa shape index (κ1) is 11.9. The van der Waals surface area contributed by atoms with Crippen LogP contribution in [0.25, 0.3) is 11.3 Å². The zero-order valence-electron chi connectivity index (χ0n) is 10.3. The highest BCUT2D eigenvalue weighted by Gasteiger charge is 2.14. The number of nitrogens with zero attached hydrogens (tertiary/aromatic N) is 1. The molecule has 0 unspecified atom stereocenters. The molecule has 1 heterocycles. The number of rotatable bonds is 1. The van der Waals surface area contributed by atoms with Gasteiger partial charge < -0.3 is 0 Å². The molecule has 1 aromatic heterocycles. The number of hydrogen-bond donors (Lipinski definition) is 0. The monoisotopic (exact) mass is 301 g/mol. The van der Waals surface area contributed by atoms with Crippen LogP contribution in [0.1, 0.15) is 30.5 Å². The number of halogens is 1. The molecule has 1 aliphatic rings. The molecule has 1 aliphatic carbocycles. The van der Waals surface area contributed by atoms with Crippen LogP contribution >= 0.6 is 15.9 Å². The second kappa shape index (κ2) is 5.23.